The van der Waals surface area contributed by atoms with E-state index in [1.807, 2.05) is 13.0 Å². The van der Waals surface area contributed by atoms with E-state index in [1.165, 1.54) is 0 Å². The van der Waals surface area contributed by atoms with Gasteiger partial charge in [-0.3, -0.25) is 4.90 Å². The van der Waals surface area contributed by atoms with Crippen molar-refractivity contribution in [3.05, 3.63) is 17.5 Å². The van der Waals surface area contributed by atoms with Crippen LogP contribution in [0.3, 0.4) is 0 Å². The summed E-state index contributed by atoms with van der Waals surface area (Å²) in [6, 6.07) is 2.31. The number of nitrogens with two attached hydrogens (primary N) is 1. The highest BCUT2D eigenvalue weighted by atomic mass is 16.5. The third-order valence-electron chi connectivity index (χ3n) is 2.37. The molecule has 0 aliphatic carbocycles. The van der Waals surface area contributed by atoms with Crippen LogP contribution in [0.1, 0.15) is 17.9 Å². The summed E-state index contributed by atoms with van der Waals surface area (Å²) in [4.78, 5) is 2.30. The highest BCUT2D eigenvalue weighted by molar-refractivity contribution is 5.03. The van der Waals surface area contributed by atoms with E-state index < -0.39 is 0 Å². The van der Waals surface area contributed by atoms with Crippen molar-refractivity contribution in [1.29, 1.82) is 0 Å². The molecule has 1 atom stereocenters. The second-order valence-corrected chi connectivity index (χ2v) is 3.72. The van der Waals surface area contributed by atoms with Crippen LogP contribution in [0.5, 0.6) is 0 Å². The summed E-state index contributed by atoms with van der Waals surface area (Å²) in [5.41, 5.74) is 6.74. The molecule has 0 spiro atoms. The first-order chi connectivity index (χ1) is 6.24. The Bertz CT molecular complexity index is 284. The van der Waals surface area contributed by atoms with Crippen LogP contribution in [0.15, 0.2) is 10.6 Å². The van der Waals surface area contributed by atoms with Gasteiger partial charge in [0.2, 0.25) is 0 Å². The molecule has 0 amide bonds. The maximum Gasteiger partial charge on any atom is 0.150 e. The Morgan fingerprint density at radius 1 is 1.77 bits per heavy atom. The molecular weight excluding hydrogens is 166 g/mol. The molecule has 1 aromatic rings. The van der Waals surface area contributed by atoms with E-state index in [9.17, 15) is 0 Å². The fraction of sp³-hybridized carbons (Fsp3) is 0.667. The van der Waals surface area contributed by atoms with E-state index >= 15 is 0 Å². The first kappa shape index (κ1) is 8.72. The molecule has 0 radical (unpaired) electrons. The zero-order valence-electron chi connectivity index (χ0n) is 7.86. The first-order valence-electron chi connectivity index (χ1n) is 4.64. The fourth-order valence-electron chi connectivity index (χ4n) is 1.72. The van der Waals surface area contributed by atoms with E-state index in [0.29, 0.717) is 6.04 Å². The van der Waals surface area contributed by atoms with Gasteiger partial charge in [-0.15, -0.1) is 0 Å². The minimum absolute atomic E-state index is 0.337. The molecule has 13 heavy (non-hydrogen) atoms. The topological polar surface area (TPSA) is 55.3 Å². The minimum atomic E-state index is 0.337. The van der Waals surface area contributed by atoms with Gasteiger partial charge < -0.3 is 10.3 Å². The summed E-state index contributed by atoms with van der Waals surface area (Å²) in [5, 5.41) is 3.84. The number of hydrogen-bond acceptors (Lipinski definition) is 4. The van der Waals surface area contributed by atoms with Crippen molar-refractivity contribution in [3.8, 4) is 0 Å². The normalized spacial score (nSPS) is 24.0. The van der Waals surface area contributed by atoms with Crippen molar-refractivity contribution in [1.82, 2.24) is 10.1 Å². The van der Waals surface area contributed by atoms with Crippen molar-refractivity contribution in [2.75, 3.05) is 13.1 Å². The molecule has 1 saturated heterocycles. The van der Waals surface area contributed by atoms with Crippen LogP contribution in [0, 0.1) is 6.92 Å². The molecule has 1 unspecified atom stereocenters. The SMILES string of the molecule is Cc1cc(CN2CCC(N)C2)on1. The maximum absolute atomic E-state index is 5.80. The molecule has 0 aromatic carbocycles. The number of aromatic nitrogens is 1. The van der Waals surface area contributed by atoms with Gasteiger partial charge in [0.05, 0.1) is 12.2 Å². The first-order valence-corrected chi connectivity index (χ1v) is 4.64. The van der Waals surface area contributed by atoms with Crippen LogP contribution in [0.2, 0.25) is 0 Å². The second kappa shape index (κ2) is 3.47. The van der Waals surface area contributed by atoms with E-state index in [0.717, 1.165) is 37.5 Å². The lowest BCUT2D eigenvalue weighted by Crippen LogP contribution is -2.26. The van der Waals surface area contributed by atoms with Gasteiger partial charge >= 0.3 is 0 Å². The molecule has 72 valence electrons. The number of nitrogens with zero attached hydrogens (tertiary/aromatic N) is 2. The molecule has 2 rings (SSSR count). The highest BCUT2D eigenvalue weighted by Gasteiger charge is 2.19. The van der Waals surface area contributed by atoms with E-state index in [1.54, 1.807) is 0 Å². The molecule has 1 fully saturated rings. The van der Waals surface area contributed by atoms with Gasteiger partial charge in [-0.1, -0.05) is 5.16 Å². The molecule has 4 nitrogen and oxygen atoms in total. The quantitative estimate of drug-likeness (QED) is 0.722. The summed E-state index contributed by atoms with van der Waals surface area (Å²) in [6.45, 7) is 4.82. The van der Waals surface area contributed by atoms with Crippen LogP contribution >= 0.6 is 0 Å². The van der Waals surface area contributed by atoms with Gasteiger partial charge in [-0.25, -0.2) is 0 Å². The zero-order chi connectivity index (χ0) is 9.26. The Morgan fingerprint density at radius 2 is 2.62 bits per heavy atom. The molecule has 1 aliphatic heterocycles. The summed E-state index contributed by atoms with van der Waals surface area (Å²) in [6.07, 6.45) is 1.09. The Kier molecular flexibility index (Phi) is 2.33. The predicted octanol–water partition coefficient (Wildman–Crippen LogP) is 0.516. The molecule has 1 aromatic heterocycles. The van der Waals surface area contributed by atoms with Gasteiger partial charge in [0, 0.05) is 25.2 Å². The Balaban J connectivity index is 1.91. The molecule has 4 heteroatoms. The van der Waals surface area contributed by atoms with Gasteiger partial charge in [0.15, 0.2) is 5.76 Å². The predicted molar refractivity (Wildman–Crippen MR) is 49.1 cm³/mol. The Hall–Kier alpha value is -0.870. The summed E-state index contributed by atoms with van der Waals surface area (Å²) in [7, 11) is 0. The monoisotopic (exact) mass is 181 g/mol. The Labute approximate surface area is 77.7 Å². The van der Waals surface area contributed by atoms with Crippen molar-refractivity contribution in [3.63, 3.8) is 0 Å². The van der Waals surface area contributed by atoms with Gasteiger partial charge in [-0.2, -0.15) is 0 Å². The van der Waals surface area contributed by atoms with Crippen molar-refractivity contribution in [2.45, 2.75) is 25.9 Å². The van der Waals surface area contributed by atoms with E-state index in [4.69, 9.17) is 10.3 Å². The lowest BCUT2D eigenvalue weighted by atomic mass is 10.3. The highest BCUT2D eigenvalue weighted by Crippen LogP contribution is 2.12. The van der Waals surface area contributed by atoms with Crippen molar-refractivity contribution in [2.24, 2.45) is 5.73 Å². The summed E-state index contributed by atoms with van der Waals surface area (Å²) in [5.74, 6) is 0.937. The molecule has 1 aliphatic rings. The number of likely N-dealkylation sites (tertiary alicyclic amines) is 1. The van der Waals surface area contributed by atoms with Gasteiger partial charge in [0.25, 0.3) is 0 Å². The average Bonchev–Trinajstić information content (AvgIpc) is 2.62. The van der Waals surface area contributed by atoms with Crippen molar-refractivity contribution >= 4 is 0 Å². The second-order valence-electron chi connectivity index (χ2n) is 3.72. The van der Waals surface area contributed by atoms with Crippen LogP contribution in [0.4, 0.5) is 0 Å². The minimum Gasteiger partial charge on any atom is -0.360 e. The molecule has 0 bridgehead atoms. The van der Waals surface area contributed by atoms with Gasteiger partial charge in [-0.05, 0) is 13.3 Å². The number of aryl methyl sites for hydroxylation is 1. The summed E-state index contributed by atoms with van der Waals surface area (Å²) < 4.78 is 5.13. The Morgan fingerprint density at radius 3 is 3.15 bits per heavy atom. The van der Waals surface area contributed by atoms with Crippen LogP contribution in [0.25, 0.3) is 0 Å². The van der Waals surface area contributed by atoms with Gasteiger partial charge in [0.1, 0.15) is 0 Å². The smallest absolute Gasteiger partial charge is 0.150 e. The maximum atomic E-state index is 5.80. The lowest BCUT2D eigenvalue weighted by molar-refractivity contribution is 0.271. The fourth-order valence-corrected chi connectivity index (χ4v) is 1.72. The third kappa shape index (κ3) is 2.08. The molecule has 2 heterocycles. The molecule has 0 saturated carbocycles. The molecular formula is C9H15N3O. The van der Waals surface area contributed by atoms with Crippen molar-refractivity contribution < 1.29 is 4.52 Å². The standard InChI is InChI=1S/C9H15N3O/c1-7-4-9(13-11-7)6-12-3-2-8(10)5-12/h4,8H,2-3,5-6,10H2,1H3. The lowest BCUT2D eigenvalue weighted by Gasteiger charge is -2.11. The van der Waals surface area contributed by atoms with E-state index in [2.05, 4.69) is 10.1 Å². The third-order valence-corrected chi connectivity index (χ3v) is 2.37. The van der Waals surface area contributed by atoms with E-state index in [-0.39, 0.29) is 0 Å². The van der Waals surface area contributed by atoms with Crippen LogP contribution in [-0.2, 0) is 6.54 Å². The number of hydrogen-bond donors (Lipinski definition) is 1. The zero-order valence-corrected chi connectivity index (χ0v) is 7.86. The largest absolute Gasteiger partial charge is 0.360 e. The summed E-state index contributed by atoms with van der Waals surface area (Å²) >= 11 is 0. The van der Waals surface area contributed by atoms with Crippen LogP contribution in [-0.4, -0.2) is 29.2 Å². The molecule has 2 N–H and O–H groups in total. The number of rotatable bonds is 2. The van der Waals surface area contributed by atoms with Crippen LogP contribution < -0.4 is 5.73 Å². The average molecular weight is 181 g/mol.